The number of nitrogens with two attached hydrogens (primary N) is 1. The summed E-state index contributed by atoms with van der Waals surface area (Å²) >= 11 is 0. The summed E-state index contributed by atoms with van der Waals surface area (Å²) in [6.07, 6.45) is 0.236. The maximum atomic E-state index is 8.63. The Balaban J connectivity index is -0.000000150. The van der Waals surface area contributed by atoms with Crippen LogP contribution >= 0.6 is 0 Å². The second-order valence-corrected chi connectivity index (χ2v) is 4.14. The second kappa shape index (κ2) is 6.24. The molecule has 0 radical (unpaired) electrons. The zero-order chi connectivity index (χ0) is 10.6. The first-order valence-electron chi connectivity index (χ1n) is 3.19. The molecule has 0 bridgehead atoms. The smallest absolute Gasteiger partial charge is 0.215 e. The fourth-order valence-corrected chi connectivity index (χ4v) is 0. The first kappa shape index (κ1) is 18.5. The molecule has 13 heavy (non-hydrogen) atoms. The molecule has 8 heteroatoms. The van der Waals surface area contributed by atoms with E-state index in [0.717, 1.165) is 4.48 Å². The molecular weight excluding hydrogens is 198 g/mol. The molecule has 0 heterocycles. The van der Waals surface area contributed by atoms with Crippen LogP contribution < -0.4 is 11.9 Å². The lowest BCUT2D eigenvalue weighted by Crippen LogP contribution is -2.48. The van der Waals surface area contributed by atoms with Gasteiger partial charge in [-0.1, -0.05) is 0 Å². The molecule has 7 nitrogen and oxygen atoms in total. The zero-order valence-corrected chi connectivity index (χ0v) is 9.21. The van der Waals surface area contributed by atoms with Gasteiger partial charge in [0.25, 0.3) is 0 Å². The van der Waals surface area contributed by atoms with Crippen molar-refractivity contribution in [2.24, 2.45) is 5.73 Å². The van der Waals surface area contributed by atoms with Crippen LogP contribution in [0.5, 0.6) is 0 Å². The first-order valence-corrected chi connectivity index (χ1v) is 4.56. The fraction of sp³-hybridized carbons (Fsp3) is 1.00. The minimum absolute atomic E-state index is 0. The molecule has 0 amide bonds. The van der Waals surface area contributed by atoms with E-state index < -0.39 is 10.4 Å². The van der Waals surface area contributed by atoms with Crippen LogP contribution in [0.15, 0.2) is 0 Å². The van der Waals surface area contributed by atoms with Crippen LogP contribution in [0.4, 0.5) is 0 Å². The summed E-state index contributed by atoms with van der Waals surface area (Å²) in [4.78, 5) is 0. The summed E-state index contributed by atoms with van der Waals surface area (Å²) in [6.45, 7) is 2.00. The van der Waals surface area contributed by atoms with Crippen LogP contribution in [0.1, 0.15) is 6.92 Å². The molecule has 0 saturated carbocycles. The molecule has 0 spiro atoms. The molecule has 0 aliphatic heterocycles. The monoisotopic (exact) mass is 217 g/mol. The van der Waals surface area contributed by atoms with Gasteiger partial charge in [-0.05, 0) is 0 Å². The molecule has 0 saturated heterocycles. The summed E-state index contributed by atoms with van der Waals surface area (Å²) in [5.74, 6) is 0. The number of hydrogen-bond donors (Lipinski definition) is 3. The molecule has 0 aromatic rings. The van der Waals surface area contributed by atoms with Crippen molar-refractivity contribution in [3.05, 3.63) is 0 Å². The van der Waals surface area contributed by atoms with E-state index in [-0.39, 0.29) is 12.3 Å². The van der Waals surface area contributed by atoms with Gasteiger partial charge in [0.2, 0.25) is 10.4 Å². The second-order valence-electron chi connectivity index (χ2n) is 3.28. The van der Waals surface area contributed by atoms with Crippen molar-refractivity contribution in [3.63, 3.8) is 0 Å². The Labute approximate surface area is 79.3 Å². The predicted molar refractivity (Wildman–Crippen MR) is 49.0 cm³/mol. The molecule has 0 aromatic carbocycles. The third-order valence-electron chi connectivity index (χ3n) is 1.22. The van der Waals surface area contributed by atoms with Crippen LogP contribution in [-0.2, 0) is 10.4 Å². The van der Waals surface area contributed by atoms with Gasteiger partial charge in [0.15, 0.2) is 0 Å². The lowest BCUT2D eigenvalue weighted by molar-refractivity contribution is -0.893. The third kappa shape index (κ3) is 33.8. The summed E-state index contributed by atoms with van der Waals surface area (Å²) in [7, 11) is 1.31. The lowest BCUT2D eigenvalue weighted by Gasteiger charge is -2.27. The normalized spacial score (nSPS) is 13.5. The van der Waals surface area contributed by atoms with Gasteiger partial charge in [-0.2, -0.15) is 0 Å². The standard InChI is InChI=1S/C5H15N2.H3N.H2O4S/c1-5(6)7(2,3)4;;1-5(2,3)4/h5H,6H2,1-4H3;1H3;(H2,1,2,3,4)/q+1;;/p-1. The van der Waals surface area contributed by atoms with E-state index in [1.165, 1.54) is 0 Å². The SMILES string of the molecule is CC(N)[N+](C)(C)C.N.O=S(=O)([O-])O. The van der Waals surface area contributed by atoms with Crippen LogP contribution in [0, 0.1) is 0 Å². The van der Waals surface area contributed by atoms with Crippen molar-refractivity contribution in [1.29, 1.82) is 0 Å². The Kier molecular flexibility index (Phi) is 8.89. The Morgan fingerprint density at radius 1 is 1.38 bits per heavy atom. The van der Waals surface area contributed by atoms with Crippen LogP contribution in [0.3, 0.4) is 0 Å². The van der Waals surface area contributed by atoms with E-state index in [0.29, 0.717) is 0 Å². The van der Waals surface area contributed by atoms with Crippen LogP contribution in [0.25, 0.3) is 0 Å². The zero-order valence-electron chi connectivity index (χ0n) is 8.39. The average Bonchev–Trinajstić information content (AvgIpc) is 1.55. The molecule has 0 fully saturated rings. The Hall–Kier alpha value is -0.250. The Morgan fingerprint density at radius 3 is 1.46 bits per heavy atom. The molecule has 84 valence electrons. The van der Waals surface area contributed by atoms with Gasteiger partial charge in [-0.15, -0.1) is 0 Å². The highest BCUT2D eigenvalue weighted by molar-refractivity contribution is 7.79. The molecule has 0 aliphatic rings. The highest BCUT2D eigenvalue weighted by Crippen LogP contribution is 1.91. The first-order chi connectivity index (χ1) is 4.94. The van der Waals surface area contributed by atoms with Crippen molar-refractivity contribution in [3.8, 4) is 0 Å². The highest BCUT2D eigenvalue weighted by Gasteiger charge is 2.10. The summed E-state index contributed by atoms with van der Waals surface area (Å²) < 4.78 is 33.7. The molecule has 0 aliphatic carbocycles. The van der Waals surface area contributed by atoms with Gasteiger partial charge in [-0.3, -0.25) is 10.3 Å². The van der Waals surface area contributed by atoms with Crippen molar-refractivity contribution in [1.82, 2.24) is 6.15 Å². The van der Waals surface area contributed by atoms with Gasteiger partial charge in [0.05, 0.1) is 21.1 Å². The quantitative estimate of drug-likeness (QED) is 0.226. The summed E-state index contributed by atoms with van der Waals surface area (Å²) in [5.41, 5.74) is 5.54. The number of quaternary nitrogens is 1. The van der Waals surface area contributed by atoms with E-state index in [4.69, 9.17) is 23.3 Å². The Morgan fingerprint density at radius 2 is 1.46 bits per heavy atom. The maximum absolute atomic E-state index is 8.63. The van der Waals surface area contributed by atoms with Gasteiger partial charge in [-0.25, -0.2) is 8.42 Å². The van der Waals surface area contributed by atoms with Crippen LogP contribution in [-0.4, -0.2) is 49.3 Å². The molecule has 1 atom stereocenters. The van der Waals surface area contributed by atoms with Gasteiger partial charge < -0.3 is 15.2 Å². The summed E-state index contributed by atoms with van der Waals surface area (Å²) in [6, 6.07) is 0. The number of rotatable bonds is 1. The maximum Gasteiger partial charge on any atom is 0.215 e. The van der Waals surface area contributed by atoms with Crippen molar-refractivity contribution in [2.45, 2.75) is 13.1 Å². The molecular formula is C5H19N3O4S. The van der Waals surface area contributed by atoms with Gasteiger partial charge in [0, 0.05) is 6.92 Å². The average molecular weight is 217 g/mol. The minimum Gasteiger partial charge on any atom is -0.726 e. The van der Waals surface area contributed by atoms with E-state index in [2.05, 4.69) is 21.1 Å². The van der Waals surface area contributed by atoms with E-state index in [9.17, 15) is 0 Å². The lowest BCUT2D eigenvalue weighted by atomic mass is 10.5. The minimum atomic E-state index is -4.92. The van der Waals surface area contributed by atoms with Gasteiger partial charge in [0.1, 0.15) is 6.17 Å². The number of hydrogen-bond acceptors (Lipinski definition) is 5. The third-order valence-corrected chi connectivity index (χ3v) is 1.22. The fourth-order valence-electron chi connectivity index (χ4n) is 0. The van der Waals surface area contributed by atoms with Crippen molar-refractivity contribution < 1.29 is 22.0 Å². The van der Waals surface area contributed by atoms with Crippen molar-refractivity contribution >= 4 is 10.4 Å². The highest BCUT2D eigenvalue weighted by atomic mass is 32.3. The predicted octanol–water partition coefficient (Wildman–Crippen LogP) is -0.836. The molecule has 0 aromatic heterocycles. The van der Waals surface area contributed by atoms with E-state index in [1.54, 1.807) is 0 Å². The van der Waals surface area contributed by atoms with E-state index >= 15 is 0 Å². The molecule has 1 unspecified atom stereocenters. The Bertz CT molecular complexity index is 198. The summed E-state index contributed by atoms with van der Waals surface area (Å²) in [5, 5.41) is 0. The molecule has 6 N–H and O–H groups in total. The van der Waals surface area contributed by atoms with E-state index in [1.807, 2.05) is 6.92 Å². The van der Waals surface area contributed by atoms with Crippen LogP contribution in [0.2, 0.25) is 0 Å². The van der Waals surface area contributed by atoms with Crippen molar-refractivity contribution in [2.75, 3.05) is 21.1 Å². The largest absolute Gasteiger partial charge is 0.726 e. The topological polar surface area (TPSA) is 138 Å². The van der Waals surface area contributed by atoms with Gasteiger partial charge >= 0.3 is 0 Å². The number of nitrogens with zero attached hydrogens (tertiary/aromatic N) is 1. The molecule has 0 rings (SSSR count).